The Labute approximate surface area is 143 Å². The topological polar surface area (TPSA) is 49.8 Å². The van der Waals surface area contributed by atoms with Gasteiger partial charge >= 0.3 is 5.97 Å². The van der Waals surface area contributed by atoms with E-state index in [4.69, 9.17) is 4.74 Å². The van der Waals surface area contributed by atoms with Crippen molar-refractivity contribution in [1.82, 2.24) is 4.90 Å². The summed E-state index contributed by atoms with van der Waals surface area (Å²) < 4.78 is 6.24. The number of ether oxygens (including phenoxy) is 1. The van der Waals surface area contributed by atoms with Gasteiger partial charge in [-0.2, -0.15) is 0 Å². The van der Waals surface area contributed by atoms with Gasteiger partial charge in [0.25, 0.3) is 0 Å². The minimum atomic E-state index is -0.594. The first kappa shape index (κ1) is 15.9. The van der Waals surface area contributed by atoms with E-state index in [9.17, 15) is 9.90 Å². The Morgan fingerprint density at radius 3 is 2.75 bits per heavy atom. The van der Waals surface area contributed by atoms with Crippen molar-refractivity contribution in [3.8, 4) is 5.75 Å². The molecule has 3 fully saturated rings. The molecular weight excluding hydrogens is 302 g/mol. The molecule has 0 spiro atoms. The first-order valence-electron chi connectivity index (χ1n) is 9.38. The highest BCUT2D eigenvalue weighted by molar-refractivity contribution is 5.76. The molecule has 24 heavy (non-hydrogen) atoms. The van der Waals surface area contributed by atoms with Crippen molar-refractivity contribution < 1.29 is 14.6 Å². The van der Waals surface area contributed by atoms with Crippen LogP contribution in [0.2, 0.25) is 0 Å². The molecule has 0 aromatic heterocycles. The number of rotatable bonds is 5. The molecule has 4 rings (SSSR count). The molecule has 0 unspecified atom stereocenters. The van der Waals surface area contributed by atoms with Gasteiger partial charge in [-0.3, -0.25) is 9.69 Å². The van der Waals surface area contributed by atoms with Crippen LogP contribution in [-0.2, 0) is 11.3 Å². The van der Waals surface area contributed by atoms with Crippen LogP contribution in [0.25, 0.3) is 0 Å². The molecule has 1 aromatic rings. The highest BCUT2D eigenvalue weighted by Gasteiger charge is 2.54. The van der Waals surface area contributed by atoms with Crippen LogP contribution >= 0.6 is 0 Å². The number of carbonyl (C=O) groups is 1. The van der Waals surface area contributed by atoms with Gasteiger partial charge in [-0.05, 0) is 50.5 Å². The van der Waals surface area contributed by atoms with Gasteiger partial charge in [-0.1, -0.05) is 24.6 Å². The van der Waals surface area contributed by atoms with Crippen LogP contribution < -0.4 is 4.74 Å². The number of nitrogens with zero attached hydrogens (tertiary/aromatic N) is 1. The first-order chi connectivity index (χ1) is 11.7. The molecule has 1 aromatic carbocycles. The summed E-state index contributed by atoms with van der Waals surface area (Å²) in [5, 5.41) is 9.75. The maximum Gasteiger partial charge on any atom is 0.311 e. The summed E-state index contributed by atoms with van der Waals surface area (Å²) >= 11 is 0. The summed E-state index contributed by atoms with van der Waals surface area (Å²) in [4.78, 5) is 14.2. The van der Waals surface area contributed by atoms with E-state index in [-0.39, 0.29) is 0 Å². The molecule has 2 saturated carbocycles. The second-order valence-electron chi connectivity index (χ2n) is 7.85. The van der Waals surface area contributed by atoms with Gasteiger partial charge in [0.05, 0.1) is 11.5 Å². The summed E-state index contributed by atoms with van der Waals surface area (Å²) in [6, 6.07) is 8.29. The third-order valence-corrected chi connectivity index (χ3v) is 6.33. The molecule has 2 atom stereocenters. The monoisotopic (exact) mass is 329 g/mol. The lowest BCUT2D eigenvalue weighted by Gasteiger charge is -2.24. The zero-order valence-electron chi connectivity index (χ0n) is 14.2. The minimum absolute atomic E-state index is 0.318. The number of hydrogen-bond donors (Lipinski definition) is 1. The fourth-order valence-electron chi connectivity index (χ4n) is 5.04. The Kier molecular flexibility index (Phi) is 4.25. The maximum absolute atomic E-state index is 11.8. The van der Waals surface area contributed by atoms with Crippen LogP contribution in [0.4, 0.5) is 0 Å². The predicted octanol–water partition coefficient (Wildman–Crippen LogP) is 3.69. The molecule has 1 N–H and O–H groups in total. The molecular formula is C20H27NO3. The van der Waals surface area contributed by atoms with E-state index in [0.717, 1.165) is 50.9 Å². The van der Waals surface area contributed by atoms with Crippen LogP contribution in [-0.4, -0.2) is 35.2 Å². The van der Waals surface area contributed by atoms with E-state index in [1.807, 2.05) is 6.07 Å². The Morgan fingerprint density at radius 1 is 1.21 bits per heavy atom. The second kappa shape index (κ2) is 6.40. The predicted molar refractivity (Wildman–Crippen MR) is 92.0 cm³/mol. The van der Waals surface area contributed by atoms with Gasteiger partial charge < -0.3 is 9.84 Å². The van der Waals surface area contributed by atoms with Crippen molar-refractivity contribution in [3.05, 3.63) is 29.8 Å². The number of likely N-dealkylation sites (tertiary alicyclic amines) is 1. The van der Waals surface area contributed by atoms with Crippen LogP contribution in [0.5, 0.6) is 5.75 Å². The largest absolute Gasteiger partial charge is 0.490 e. The third kappa shape index (κ3) is 2.81. The van der Waals surface area contributed by atoms with Gasteiger partial charge in [0, 0.05) is 25.2 Å². The molecule has 0 radical (unpaired) electrons. The lowest BCUT2D eigenvalue weighted by Crippen LogP contribution is -2.35. The fourth-order valence-corrected chi connectivity index (χ4v) is 5.04. The number of carboxylic acid groups (broad SMARTS) is 1. The molecule has 4 nitrogen and oxygen atoms in total. The fraction of sp³-hybridized carbons (Fsp3) is 0.650. The van der Waals surface area contributed by atoms with Crippen molar-refractivity contribution in [2.45, 2.75) is 57.6 Å². The molecule has 0 bridgehead atoms. The lowest BCUT2D eigenvalue weighted by atomic mass is 9.81. The van der Waals surface area contributed by atoms with Crippen molar-refractivity contribution in [2.75, 3.05) is 13.1 Å². The molecule has 1 heterocycles. The molecule has 1 aliphatic heterocycles. The highest BCUT2D eigenvalue weighted by atomic mass is 16.5. The number of benzene rings is 1. The smallest absolute Gasteiger partial charge is 0.311 e. The number of hydrogen-bond acceptors (Lipinski definition) is 3. The lowest BCUT2D eigenvalue weighted by molar-refractivity contribution is -0.149. The Balaban J connectivity index is 1.47. The average molecular weight is 329 g/mol. The van der Waals surface area contributed by atoms with E-state index in [1.54, 1.807) is 0 Å². The van der Waals surface area contributed by atoms with Crippen LogP contribution in [0.3, 0.4) is 0 Å². The zero-order valence-corrected chi connectivity index (χ0v) is 14.2. The molecule has 4 heteroatoms. The molecule has 130 valence electrons. The standard InChI is InChI=1S/C20H27NO3/c22-19(23)20-11-5-7-16(20)13-21(14-20)12-15-6-1-4-10-18(15)24-17-8-2-3-9-17/h1,4,6,10,16-17H,2-3,5,7-9,11-14H2,(H,22,23)/t16-,20+/m0/s1. The quantitative estimate of drug-likeness (QED) is 0.895. The van der Waals surface area contributed by atoms with Gasteiger partial charge in [-0.25, -0.2) is 0 Å². The van der Waals surface area contributed by atoms with E-state index < -0.39 is 11.4 Å². The summed E-state index contributed by atoms with van der Waals surface area (Å²) in [5.41, 5.74) is 0.700. The van der Waals surface area contributed by atoms with Gasteiger partial charge in [-0.15, -0.1) is 0 Å². The number of fused-ring (bicyclic) bond motifs is 1. The second-order valence-corrected chi connectivity index (χ2v) is 7.85. The van der Waals surface area contributed by atoms with Crippen molar-refractivity contribution in [3.63, 3.8) is 0 Å². The van der Waals surface area contributed by atoms with Gasteiger partial charge in [0.15, 0.2) is 0 Å². The van der Waals surface area contributed by atoms with Crippen LogP contribution in [0.1, 0.15) is 50.5 Å². The molecule has 0 amide bonds. The minimum Gasteiger partial charge on any atom is -0.490 e. The van der Waals surface area contributed by atoms with E-state index >= 15 is 0 Å². The first-order valence-corrected chi connectivity index (χ1v) is 9.38. The van der Waals surface area contributed by atoms with Gasteiger partial charge in [0.2, 0.25) is 0 Å². The maximum atomic E-state index is 11.8. The Bertz CT molecular complexity index is 611. The molecule has 3 aliphatic rings. The van der Waals surface area contributed by atoms with Gasteiger partial charge in [0.1, 0.15) is 5.75 Å². The molecule has 2 aliphatic carbocycles. The summed E-state index contributed by atoms with van der Waals surface area (Å²) in [7, 11) is 0. The summed E-state index contributed by atoms with van der Waals surface area (Å²) in [6.45, 7) is 2.39. The normalized spacial score (nSPS) is 30.6. The average Bonchev–Trinajstić information content (AvgIpc) is 3.25. The third-order valence-electron chi connectivity index (χ3n) is 6.33. The molecule has 1 saturated heterocycles. The van der Waals surface area contributed by atoms with Crippen molar-refractivity contribution >= 4 is 5.97 Å². The van der Waals surface area contributed by atoms with E-state index in [0.29, 0.717) is 18.6 Å². The summed E-state index contributed by atoms with van der Waals surface area (Å²) in [5.74, 6) is 0.715. The summed E-state index contributed by atoms with van der Waals surface area (Å²) in [6.07, 6.45) is 8.15. The van der Waals surface area contributed by atoms with E-state index in [2.05, 4.69) is 23.1 Å². The number of carboxylic acids is 1. The zero-order chi connectivity index (χ0) is 16.6. The van der Waals surface area contributed by atoms with Crippen LogP contribution in [0, 0.1) is 11.3 Å². The Morgan fingerprint density at radius 2 is 2.00 bits per heavy atom. The van der Waals surface area contributed by atoms with Crippen molar-refractivity contribution in [1.29, 1.82) is 0 Å². The van der Waals surface area contributed by atoms with E-state index in [1.165, 1.54) is 18.4 Å². The SMILES string of the molecule is O=C(O)[C@@]12CCC[C@H]1CN(Cc1ccccc1OC1CCCC1)C2. The van der Waals surface area contributed by atoms with Crippen LogP contribution in [0.15, 0.2) is 24.3 Å². The highest BCUT2D eigenvalue weighted by Crippen LogP contribution is 2.49. The van der Waals surface area contributed by atoms with Crippen molar-refractivity contribution in [2.24, 2.45) is 11.3 Å². The number of para-hydroxylation sites is 1. The number of aliphatic carboxylic acids is 1. The Hall–Kier alpha value is -1.55.